The molecule has 118 valence electrons. The van der Waals surface area contributed by atoms with Crippen molar-refractivity contribution in [3.05, 3.63) is 0 Å². The van der Waals surface area contributed by atoms with Gasteiger partial charge in [-0.3, -0.25) is 0 Å². The third-order valence-electron chi connectivity index (χ3n) is 5.13. The Morgan fingerprint density at radius 3 is 2.70 bits per heavy atom. The summed E-state index contributed by atoms with van der Waals surface area (Å²) < 4.78 is 0.449. The lowest BCUT2D eigenvalue weighted by Crippen LogP contribution is -2.50. The average Bonchev–Trinajstić information content (AvgIpc) is 2.40. The Hall–Kier alpha value is 0.270. The summed E-state index contributed by atoms with van der Waals surface area (Å²) in [6.07, 6.45) is 5.64. The van der Waals surface area contributed by atoms with Gasteiger partial charge >= 0.3 is 0 Å². The second-order valence-electron chi connectivity index (χ2n) is 7.35. The molecule has 2 fully saturated rings. The molecular formula is C17H34N2S. The van der Waals surface area contributed by atoms with E-state index in [9.17, 15) is 0 Å². The summed E-state index contributed by atoms with van der Waals surface area (Å²) in [5.41, 5.74) is 0. The Morgan fingerprint density at radius 1 is 1.25 bits per heavy atom. The van der Waals surface area contributed by atoms with E-state index >= 15 is 0 Å². The van der Waals surface area contributed by atoms with E-state index in [-0.39, 0.29) is 0 Å². The van der Waals surface area contributed by atoms with Crippen LogP contribution in [-0.2, 0) is 0 Å². The Labute approximate surface area is 130 Å². The van der Waals surface area contributed by atoms with Crippen LogP contribution in [0.3, 0.4) is 0 Å². The molecule has 0 radical (unpaired) electrons. The predicted octanol–water partition coefficient (Wildman–Crippen LogP) is 3.62. The molecule has 3 heteroatoms. The summed E-state index contributed by atoms with van der Waals surface area (Å²) in [4.78, 5) is 2.74. The van der Waals surface area contributed by atoms with Gasteiger partial charge in [0.25, 0.3) is 0 Å². The monoisotopic (exact) mass is 298 g/mol. The van der Waals surface area contributed by atoms with Gasteiger partial charge in [0.05, 0.1) is 0 Å². The number of nitrogens with one attached hydrogen (secondary N) is 1. The number of nitrogens with zero attached hydrogens (tertiary/aromatic N) is 1. The van der Waals surface area contributed by atoms with Crippen molar-refractivity contribution in [1.29, 1.82) is 0 Å². The first-order valence-corrected chi connectivity index (χ1v) is 9.62. The first-order valence-electron chi connectivity index (χ1n) is 8.63. The van der Waals surface area contributed by atoms with E-state index in [2.05, 4.69) is 49.7 Å². The summed E-state index contributed by atoms with van der Waals surface area (Å²) in [7, 11) is 0. The topological polar surface area (TPSA) is 15.3 Å². The second-order valence-corrected chi connectivity index (χ2v) is 9.16. The van der Waals surface area contributed by atoms with Crippen molar-refractivity contribution >= 4 is 11.8 Å². The van der Waals surface area contributed by atoms with Gasteiger partial charge in [-0.2, -0.15) is 11.8 Å². The molecule has 0 amide bonds. The average molecular weight is 299 g/mol. The maximum Gasteiger partial charge on any atom is 0.0231 e. The zero-order valence-electron chi connectivity index (χ0n) is 14.0. The van der Waals surface area contributed by atoms with E-state index in [4.69, 9.17) is 0 Å². The maximum absolute atomic E-state index is 3.76. The standard InChI is InChI=1S/C17H34N2S/c1-5-14-7-8-16(18-6-2)15(11-14)12-19-9-10-20-17(3,4)13-19/h14-16,18H,5-13H2,1-4H3. The second kappa shape index (κ2) is 7.51. The lowest BCUT2D eigenvalue weighted by atomic mass is 9.76. The lowest BCUT2D eigenvalue weighted by molar-refractivity contribution is 0.135. The maximum atomic E-state index is 3.76. The highest BCUT2D eigenvalue weighted by molar-refractivity contribution is 8.00. The molecule has 2 nitrogen and oxygen atoms in total. The molecule has 0 bridgehead atoms. The van der Waals surface area contributed by atoms with Gasteiger partial charge in [-0.05, 0) is 51.5 Å². The van der Waals surface area contributed by atoms with Crippen molar-refractivity contribution in [2.24, 2.45) is 11.8 Å². The molecule has 2 aliphatic rings. The van der Waals surface area contributed by atoms with Crippen LogP contribution in [0.15, 0.2) is 0 Å². The molecule has 20 heavy (non-hydrogen) atoms. The van der Waals surface area contributed by atoms with Crippen LogP contribution >= 0.6 is 11.8 Å². The van der Waals surface area contributed by atoms with Crippen LogP contribution < -0.4 is 5.32 Å². The van der Waals surface area contributed by atoms with Gasteiger partial charge < -0.3 is 10.2 Å². The fraction of sp³-hybridized carbons (Fsp3) is 1.00. The highest BCUT2D eigenvalue weighted by atomic mass is 32.2. The summed E-state index contributed by atoms with van der Waals surface area (Å²) in [5, 5.41) is 3.76. The Kier molecular flexibility index (Phi) is 6.25. The minimum atomic E-state index is 0.449. The molecule has 1 N–H and O–H groups in total. The molecule has 2 rings (SSSR count). The molecule has 1 saturated heterocycles. The molecule has 3 unspecified atom stereocenters. The van der Waals surface area contributed by atoms with Crippen LogP contribution in [0.1, 0.15) is 53.4 Å². The van der Waals surface area contributed by atoms with E-state index in [0.717, 1.165) is 24.4 Å². The Morgan fingerprint density at radius 2 is 2.05 bits per heavy atom. The van der Waals surface area contributed by atoms with Gasteiger partial charge in [0, 0.05) is 36.2 Å². The minimum absolute atomic E-state index is 0.449. The molecular weight excluding hydrogens is 264 g/mol. The molecule has 3 atom stereocenters. The molecule has 1 aliphatic carbocycles. The van der Waals surface area contributed by atoms with E-state index in [0.29, 0.717) is 4.75 Å². The van der Waals surface area contributed by atoms with Crippen LogP contribution in [0.4, 0.5) is 0 Å². The van der Waals surface area contributed by atoms with Crippen molar-refractivity contribution < 1.29 is 0 Å². The van der Waals surface area contributed by atoms with Gasteiger partial charge in [0.1, 0.15) is 0 Å². The van der Waals surface area contributed by atoms with Gasteiger partial charge in [-0.25, -0.2) is 0 Å². The normalized spacial score (nSPS) is 35.1. The minimum Gasteiger partial charge on any atom is -0.314 e. The summed E-state index contributed by atoms with van der Waals surface area (Å²) in [6, 6.07) is 0.764. The van der Waals surface area contributed by atoms with E-state index in [1.807, 2.05) is 0 Å². The zero-order chi connectivity index (χ0) is 14.6. The smallest absolute Gasteiger partial charge is 0.0231 e. The van der Waals surface area contributed by atoms with Crippen LogP contribution in [0.2, 0.25) is 0 Å². The molecule has 0 aromatic carbocycles. The lowest BCUT2D eigenvalue weighted by Gasteiger charge is -2.43. The number of thioether (sulfide) groups is 1. The van der Waals surface area contributed by atoms with Gasteiger partial charge in [-0.1, -0.05) is 20.3 Å². The van der Waals surface area contributed by atoms with E-state index in [1.165, 1.54) is 51.1 Å². The molecule has 1 aliphatic heterocycles. The van der Waals surface area contributed by atoms with Crippen molar-refractivity contribution in [2.75, 3.05) is 31.9 Å². The van der Waals surface area contributed by atoms with Crippen LogP contribution in [0.5, 0.6) is 0 Å². The largest absolute Gasteiger partial charge is 0.314 e. The molecule has 1 saturated carbocycles. The highest BCUT2D eigenvalue weighted by Crippen LogP contribution is 2.34. The van der Waals surface area contributed by atoms with Crippen molar-refractivity contribution in [1.82, 2.24) is 10.2 Å². The van der Waals surface area contributed by atoms with Crippen molar-refractivity contribution in [2.45, 2.75) is 64.2 Å². The van der Waals surface area contributed by atoms with Crippen molar-refractivity contribution in [3.63, 3.8) is 0 Å². The summed E-state index contributed by atoms with van der Waals surface area (Å²) in [6.45, 7) is 14.4. The first kappa shape index (κ1) is 16.6. The summed E-state index contributed by atoms with van der Waals surface area (Å²) in [5.74, 6) is 3.15. The zero-order valence-corrected chi connectivity index (χ0v) is 14.8. The number of hydrogen-bond acceptors (Lipinski definition) is 3. The van der Waals surface area contributed by atoms with Gasteiger partial charge in [0.2, 0.25) is 0 Å². The van der Waals surface area contributed by atoms with Gasteiger partial charge in [0.15, 0.2) is 0 Å². The highest BCUT2D eigenvalue weighted by Gasteiger charge is 2.33. The van der Waals surface area contributed by atoms with Crippen LogP contribution in [0.25, 0.3) is 0 Å². The third kappa shape index (κ3) is 4.64. The number of rotatable bonds is 5. The van der Waals surface area contributed by atoms with Gasteiger partial charge in [-0.15, -0.1) is 0 Å². The fourth-order valence-corrected chi connectivity index (χ4v) is 5.24. The van der Waals surface area contributed by atoms with Crippen LogP contribution in [0, 0.1) is 11.8 Å². The van der Waals surface area contributed by atoms with Crippen molar-refractivity contribution in [3.8, 4) is 0 Å². The molecule has 1 heterocycles. The fourth-order valence-electron chi connectivity index (χ4n) is 4.07. The SMILES string of the molecule is CCNC1CCC(CC)CC1CN1CCSC(C)(C)C1. The Balaban J connectivity index is 1.92. The molecule has 0 aromatic rings. The quantitative estimate of drug-likeness (QED) is 0.834. The first-order chi connectivity index (χ1) is 9.54. The van der Waals surface area contributed by atoms with Crippen LogP contribution in [-0.4, -0.2) is 47.6 Å². The summed E-state index contributed by atoms with van der Waals surface area (Å²) >= 11 is 2.14. The van der Waals surface area contributed by atoms with E-state index in [1.54, 1.807) is 0 Å². The third-order valence-corrected chi connectivity index (χ3v) is 6.43. The molecule has 0 aromatic heterocycles. The number of hydrogen-bond donors (Lipinski definition) is 1. The molecule has 0 spiro atoms. The van der Waals surface area contributed by atoms with E-state index < -0.39 is 0 Å². The Bertz CT molecular complexity index is 293. The predicted molar refractivity (Wildman–Crippen MR) is 91.6 cm³/mol.